The molecule has 1 amide bonds. The molecule has 5 heteroatoms. The molecule has 0 saturated carbocycles. The third-order valence-electron chi connectivity index (χ3n) is 3.86. The van der Waals surface area contributed by atoms with Crippen LogP contribution in [0.1, 0.15) is 28.4 Å². The van der Waals surface area contributed by atoms with Gasteiger partial charge in [0.2, 0.25) is 0 Å². The van der Waals surface area contributed by atoms with Crippen LogP contribution in [0.4, 0.5) is 11.4 Å². The molecule has 0 aromatic heterocycles. The molecule has 1 heterocycles. The van der Waals surface area contributed by atoms with Gasteiger partial charge < -0.3 is 0 Å². The summed E-state index contributed by atoms with van der Waals surface area (Å²) >= 11 is 0. The lowest BCUT2D eigenvalue weighted by Gasteiger charge is -2.31. The molecule has 1 unspecified atom stereocenters. The van der Waals surface area contributed by atoms with Crippen molar-refractivity contribution in [3.05, 3.63) is 59.2 Å². The highest BCUT2D eigenvalue weighted by molar-refractivity contribution is 7.96. The zero-order chi connectivity index (χ0) is 15.9. The number of carbonyl (C=O) groups excluding carboxylic acids is 1. The van der Waals surface area contributed by atoms with Crippen LogP contribution < -0.4 is 4.31 Å². The summed E-state index contributed by atoms with van der Waals surface area (Å²) in [5, 5.41) is 0. The van der Waals surface area contributed by atoms with Gasteiger partial charge in [-0.2, -0.15) is 4.36 Å². The lowest BCUT2D eigenvalue weighted by molar-refractivity contribution is 0.101. The number of nitrogens with zero attached hydrogens (tertiary/aromatic N) is 2. The van der Waals surface area contributed by atoms with Crippen LogP contribution in [0, 0.1) is 13.8 Å². The van der Waals surface area contributed by atoms with Crippen molar-refractivity contribution in [2.75, 3.05) is 10.1 Å². The maximum absolute atomic E-state index is 13.3. The SMILES string of the molecule is CCS1(=O)=Nc2ccccc2C(=O)N1c1c(C)cccc1C. The Morgan fingerprint density at radius 2 is 1.68 bits per heavy atom. The number of aryl methyl sites for hydroxylation is 2. The van der Waals surface area contributed by atoms with Crippen LogP contribution >= 0.6 is 0 Å². The number of anilines is 1. The van der Waals surface area contributed by atoms with E-state index in [9.17, 15) is 9.00 Å². The Hall–Kier alpha value is -2.14. The molecule has 1 aliphatic rings. The molecule has 0 aliphatic carbocycles. The second-order valence-corrected chi connectivity index (χ2v) is 7.68. The highest BCUT2D eigenvalue weighted by Gasteiger charge is 2.34. The molecule has 3 rings (SSSR count). The normalized spacial score (nSPS) is 20.5. The van der Waals surface area contributed by atoms with Gasteiger partial charge in [0.1, 0.15) is 9.92 Å². The van der Waals surface area contributed by atoms with Crippen LogP contribution in [-0.4, -0.2) is 15.9 Å². The molecule has 0 bridgehead atoms. The molecule has 2 aromatic carbocycles. The molecule has 0 N–H and O–H groups in total. The van der Waals surface area contributed by atoms with E-state index in [1.54, 1.807) is 31.2 Å². The Labute approximate surface area is 131 Å². The molecule has 0 fully saturated rings. The van der Waals surface area contributed by atoms with E-state index in [4.69, 9.17) is 0 Å². The van der Waals surface area contributed by atoms with Crippen LogP contribution in [0.3, 0.4) is 0 Å². The number of benzene rings is 2. The van der Waals surface area contributed by atoms with Gasteiger partial charge in [0.15, 0.2) is 0 Å². The predicted octanol–water partition coefficient (Wildman–Crippen LogP) is 4.00. The van der Waals surface area contributed by atoms with Crippen molar-refractivity contribution < 1.29 is 9.00 Å². The fourth-order valence-electron chi connectivity index (χ4n) is 2.73. The second-order valence-electron chi connectivity index (χ2n) is 5.34. The Morgan fingerprint density at radius 3 is 2.32 bits per heavy atom. The summed E-state index contributed by atoms with van der Waals surface area (Å²) in [7, 11) is -2.82. The van der Waals surface area contributed by atoms with Crippen LogP contribution in [0.15, 0.2) is 46.8 Å². The maximum Gasteiger partial charge on any atom is 0.273 e. The first-order chi connectivity index (χ1) is 10.5. The monoisotopic (exact) mass is 314 g/mol. The molecular weight excluding hydrogens is 296 g/mol. The van der Waals surface area contributed by atoms with E-state index in [0.717, 1.165) is 11.1 Å². The Morgan fingerprint density at radius 1 is 1.05 bits per heavy atom. The van der Waals surface area contributed by atoms with Crippen molar-refractivity contribution in [2.45, 2.75) is 20.8 Å². The van der Waals surface area contributed by atoms with Gasteiger partial charge in [0, 0.05) is 5.75 Å². The lowest BCUT2D eigenvalue weighted by Crippen LogP contribution is -2.40. The Bertz CT molecular complexity index is 860. The highest BCUT2D eigenvalue weighted by atomic mass is 32.2. The zero-order valence-electron chi connectivity index (χ0n) is 12.9. The second kappa shape index (κ2) is 5.25. The van der Waals surface area contributed by atoms with Gasteiger partial charge >= 0.3 is 0 Å². The van der Waals surface area contributed by atoms with Gasteiger partial charge in [0.05, 0.1) is 16.9 Å². The van der Waals surface area contributed by atoms with Crippen molar-refractivity contribution in [3.63, 3.8) is 0 Å². The maximum atomic E-state index is 13.3. The number of hydrogen-bond acceptors (Lipinski definition) is 3. The summed E-state index contributed by atoms with van der Waals surface area (Å²) in [4.78, 5) is 13.0. The summed E-state index contributed by atoms with van der Waals surface area (Å²) in [6.45, 7) is 5.64. The van der Waals surface area contributed by atoms with Crippen molar-refractivity contribution in [2.24, 2.45) is 4.36 Å². The van der Waals surface area contributed by atoms with E-state index in [1.807, 2.05) is 32.0 Å². The molecule has 1 atom stereocenters. The van der Waals surface area contributed by atoms with E-state index in [1.165, 1.54) is 4.31 Å². The number of para-hydroxylation sites is 1. The average molecular weight is 314 g/mol. The zero-order valence-corrected chi connectivity index (χ0v) is 13.7. The lowest BCUT2D eigenvalue weighted by atomic mass is 10.1. The summed E-state index contributed by atoms with van der Waals surface area (Å²) in [5.74, 6) is 0.0516. The minimum atomic E-state index is -2.82. The Balaban J connectivity index is 2.33. The highest BCUT2D eigenvalue weighted by Crippen LogP contribution is 2.36. The molecule has 0 spiro atoms. The molecule has 22 heavy (non-hydrogen) atoms. The minimum Gasteiger partial charge on any atom is -0.268 e. The quantitative estimate of drug-likeness (QED) is 0.841. The standard InChI is InChI=1S/C17H18N2O2S/c1-4-22(21)18-15-11-6-5-10-14(15)17(20)19(22)16-12(2)8-7-9-13(16)3/h5-11H,4H2,1-3H3. The molecule has 114 valence electrons. The number of fused-ring (bicyclic) bond motifs is 1. The molecule has 2 aromatic rings. The van der Waals surface area contributed by atoms with Crippen molar-refractivity contribution in [1.29, 1.82) is 0 Å². The molecule has 0 saturated heterocycles. The molecule has 4 nitrogen and oxygen atoms in total. The van der Waals surface area contributed by atoms with Gasteiger partial charge in [0.25, 0.3) is 5.91 Å². The average Bonchev–Trinajstić information content (AvgIpc) is 2.50. The molecule has 1 aliphatic heterocycles. The summed E-state index contributed by atoms with van der Waals surface area (Å²) in [6, 6.07) is 12.9. The first-order valence-electron chi connectivity index (χ1n) is 7.22. The summed E-state index contributed by atoms with van der Waals surface area (Å²) in [5.41, 5.74) is 3.56. The van der Waals surface area contributed by atoms with Gasteiger partial charge in [-0.15, -0.1) is 0 Å². The van der Waals surface area contributed by atoms with Crippen molar-refractivity contribution in [3.8, 4) is 0 Å². The Kier molecular flexibility index (Phi) is 3.53. The topological polar surface area (TPSA) is 49.7 Å². The summed E-state index contributed by atoms with van der Waals surface area (Å²) < 4.78 is 19.1. The van der Waals surface area contributed by atoms with E-state index in [2.05, 4.69) is 4.36 Å². The van der Waals surface area contributed by atoms with Crippen molar-refractivity contribution in [1.82, 2.24) is 0 Å². The van der Waals surface area contributed by atoms with E-state index >= 15 is 0 Å². The van der Waals surface area contributed by atoms with Crippen molar-refractivity contribution >= 4 is 27.2 Å². The number of carbonyl (C=O) groups is 1. The van der Waals surface area contributed by atoms with Crippen LogP contribution in [0.2, 0.25) is 0 Å². The van der Waals surface area contributed by atoms with Gasteiger partial charge in [-0.05, 0) is 37.1 Å². The van der Waals surface area contributed by atoms with E-state index in [-0.39, 0.29) is 5.91 Å². The van der Waals surface area contributed by atoms with Gasteiger partial charge in [-0.3, -0.25) is 4.79 Å². The first kappa shape index (κ1) is 14.8. The largest absolute Gasteiger partial charge is 0.273 e. The van der Waals surface area contributed by atoms with Crippen LogP contribution in [-0.2, 0) is 9.92 Å². The first-order valence-corrected chi connectivity index (χ1v) is 8.86. The van der Waals surface area contributed by atoms with E-state index < -0.39 is 9.92 Å². The van der Waals surface area contributed by atoms with Crippen LogP contribution in [0.25, 0.3) is 0 Å². The summed E-state index contributed by atoms with van der Waals surface area (Å²) in [6.07, 6.45) is 0. The predicted molar refractivity (Wildman–Crippen MR) is 89.9 cm³/mol. The molecular formula is C17H18N2O2S. The van der Waals surface area contributed by atoms with Crippen LogP contribution in [0.5, 0.6) is 0 Å². The van der Waals surface area contributed by atoms with Gasteiger partial charge in [-0.1, -0.05) is 37.3 Å². The smallest absolute Gasteiger partial charge is 0.268 e. The minimum absolute atomic E-state index is 0.241. The van der Waals surface area contributed by atoms with E-state index in [0.29, 0.717) is 22.7 Å². The molecule has 0 radical (unpaired) electrons. The fraction of sp³-hybridized carbons (Fsp3) is 0.235. The third-order valence-corrected chi connectivity index (χ3v) is 6.02. The third kappa shape index (κ3) is 2.13. The number of hydrogen-bond donors (Lipinski definition) is 0. The van der Waals surface area contributed by atoms with Gasteiger partial charge in [-0.25, -0.2) is 8.51 Å². The fourth-order valence-corrected chi connectivity index (χ4v) is 4.60. The number of amides is 1. The number of rotatable bonds is 2.